The van der Waals surface area contributed by atoms with Gasteiger partial charge in [0.05, 0.1) is 17.9 Å². The van der Waals surface area contributed by atoms with E-state index in [2.05, 4.69) is 10.3 Å². The Kier molecular flexibility index (Phi) is 3.66. The van der Waals surface area contributed by atoms with Crippen molar-refractivity contribution in [2.24, 2.45) is 0 Å². The molecule has 0 atom stereocenters. The Bertz CT molecular complexity index is 627. The van der Waals surface area contributed by atoms with Crippen molar-refractivity contribution in [2.75, 3.05) is 11.1 Å². The average Bonchev–Trinajstić information content (AvgIpc) is 2.76. The highest BCUT2D eigenvalue weighted by molar-refractivity contribution is 7.11. The number of hydrogen-bond donors (Lipinski definition) is 3. The number of carboxylic acid groups (broad SMARTS) is 1. The number of anilines is 2. The van der Waals surface area contributed by atoms with E-state index in [0.29, 0.717) is 6.54 Å². The fourth-order valence-corrected chi connectivity index (χ4v) is 2.35. The summed E-state index contributed by atoms with van der Waals surface area (Å²) in [5.74, 6) is -2.01. The van der Waals surface area contributed by atoms with Crippen molar-refractivity contribution in [1.29, 1.82) is 0 Å². The number of benzene rings is 1. The molecule has 0 unspecified atom stereocenters. The number of nitrogen functional groups attached to an aromatic ring is 1. The summed E-state index contributed by atoms with van der Waals surface area (Å²) in [7, 11) is 0. The molecule has 0 saturated carbocycles. The molecule has 0 amide bonds. The van der Waals surface area contributed by atoms with E-state index < -0.39 is 11.8 Å². The number of thiazole rings is 1. The van der Waals surface area contributed by atoms with Gasteiger partial charge in [-0.3, -0.25) is 0 Å². The van der Waals surface area contributed by atoms with Gasteiger partial charge < -0.3 is 16.2 Å². The van der Waals surface area contributed by atoms with E-state index in [4.69, 9.17) is 10.8 Å². The fraction of sp³-hybridized carbons (Fsp3) is 0.167. The average molecular weight is 281 g/mol. The quantitative estimate of drug-likeness (QED) is 0.749. The van der Waals surface area contributed by atoms with E-state index in [1.165, 1.54) is 17.4 Å². The maximum Gasteiger partial charge on any atom is 0.340 e. The predicted molar refractivity (Wildman–Crippen MR) is 71.9 cm³/mol. The van der Waals surface area contributed by atoms with Crippen LogP contribution in [0.2, 0.25) is 0 Å². The molecule has 1 aromatic heterocycles. The van der Waals surface area contributed by atoms with Gasteiger partial charge in [-0.1, -0.05) is 0 Å². The van der Waals surface area contributed by atoms with E-state index in [9.17, 15) is 9.18 Å². The third kappa shape index (κ3) is 2.82. The Morgan fingerprint density at radius 1 is 1.58 bits per heavy atom. The number of aromatic carboxylic acids is 1. The van der Waals surface area contributed by atoms with Crippen LogP contribution < -0.4 is 11.1 Å². The van der Waals surface area contributed by atoms with Gasteiger partial charge in [-0.15, -0.1) is 11.3 Å². The van der Waals surface area contributed by atoms with Crippen LogP contribution in [0.4, 0.5) is 15.8 Å². The summed E-state index contributed by atoms with van der Waals surface area (Å²) < 4.78 is 13.3. The number of nitrogens with one attached hydrogen (secondary N) is 1. The summed E-state index contributed by atoms with van der Waals surface area (Å²) in [5.41, 5.74) is 5.10. The van der Waals surface area contributed by atoms with Crippen molar-refractivity contribution in [3.05, 3.63) is 39.6 Å². The van der Waals surface area contributed by atoms with Crippen LogP contribution in [0.1, 0.15) is 20.2 Å². The van der Waals surface area contributed by atoms with Gasteiger partial charge in [0.15, 0.2) is 0 Å². The van der Waals surface area contributed by atoms with Crippen LogP contribution in [-0.2, 0) is 6.54 Å². The molecule has 19 heavy (non-hydrogen) atoms. The minimum absolute atomic E-state index is 0.256. The SMILES string of the molecule is Cc1cnc(CNc2ccc(F)c(N)c2C(=O)O)s1. The minimum atomic E-state index is -1.27. The zero-order valence-corrected chi connectivity index (χ0v) is 10.9. The summed E-state index contributed by atoms with van der Waals surface area (Å²) in [6.07, 6.45) is 1.73. The summed E-state index contributed by atoms with van der Waals surface area (Å²) in [6.45, 7) is 2.30. The summed E-state index contributed by atoms with van der Waals surface area (Å²) in [4.78, 5) is 16.3. The molecule has 4 N–H and O–H groups in total. The van der Waals surface area contributed by atoms with Gasteiger partial charge in [-0.05, 0) is 19.1 Å². The lowest BCUT2D eigenvalue weighted by Crippen LogP contribution is -2.10. The molecule has 5 nitrogen and oxygen atoms in total. The largest absolute Gasteiger partial charge is 0.478 e. The standard InChI is InChI=1S/C12H12FN3O2S/c1-6-4-16-9(19-6)5-15-8-3-2-7(13)11(14)10(8)12(17)18/h2-4,15H,5,14H2,1H3,(H,17,18). The molecule has 1 aromatic carbocycles. The van der Waals surface area contributed by atoms with E-state index in [0.717, 1.165) is 16.0 Å². The normalized spacial score (nSPS) is 10.4. The summed E-state index contributed by atoms with van der Waals surface area (Å²) in [6, 6.07) is 2.49. The van der Waals surface area contributed by atoms with Crippen molar-refractivity contribution >= 4 is 28.7 Å². The van der Waals surface area contributed by atoms with E-state index >= 15 is 0 Å². The van der Waals surface area contributed by atoms with Crippen LogP contribution in [-0.4, -0.2) is 16.1 Å². The first-order valence-corrected chi connectivity index (χ1v) is 6.27. The molecular weight excluding hydrogens is 269 g/mol. The molecule has 0 spiro atoms. The molecule has 100 valence electrons. The second kappa shape index (κ2) is 5.23. The number of carbonyl (C=O) groups is 1. The molecular formula is C12H12FN3O2S. The molecule has 0 fully saturated rings. The third-order valence-electron chi connectivity index (χ3n) is 2.51. The second-order valence-electron chi connectivity index (χ2n) is 3.91. The molecule has 0 saturated heterocycles. The second-order valence-corrected chi connectivity index (χ2v) is 5.23. The predicted octanol–water partition coefficient (Wildman–Crippen LogP) is 2.48. The van der Waals surface area contributed by atoms with Gasteiger partial charge in [-0.25, -0.2) is 14.2 Å². The molecule has 1 heterocycles. The number of rotatable bonds is 4. The molecule has 0 aliphatic heterocycles. The highest BCUT2D eigenvalue weighted by Gasteiger charge is 2.17. The van der Waals surface area contributed by atoms with Gasteiger partial charge in [-0.2, -0.15) is 0 Å². The topological polar surface area (TPSA) is 88.2 Å². The number of nitrogens with zero attached hydrogens (tertiary/aromatic N) is 1. The molecule has 7 heteroatoms. The first-order chi connectivity index (χ1) is 8.99. The number of nitrogens with two attached hydrogens (primary N) is 1. The third-order valence-corrected chi connectivity index (χ3v) is 3.42. The molecule has 0 aliphatic rings. The number of aryl methyl sites for hydroxylation is 1. The summed E-state index contributed by atoms with van der Waals surface area (Å²) in [5, 5.41) is 12.8. The number of halogens is 1. The van der Waals surface area contributed by atoms with Crippen molar-refractivity contribution < 1.29 is 14.3 Å². The maximum absolute atomic E-state index is 13.3. The van der Waals surface area contributed by atoms with Crippen molar-refractivity contribution in [1.82, 2.24) is 4.98 Å². The number of carboxylic acids is 1. The lowest BCUT2D eigenvalue weighted by atomic mass is 10.1. The van der Waals surface area contributed by atoms with Crippen LogP contribution in [0, 0.1) is 12.7 Å². The van der Waals surface area contributed by atoms with Crippen LogP contribution >= 0.6 is 11.3 Å². The lowest BCUT2D eigenvalue weighted by molar-refractivity contribution is 0.0698. The van der Waals surface area contributed by atoms with Crippen molar-refractivity contribution in [3.63, 3.8) is 0 Å². The zero-order chi connectivity index (χ0) is 14.0. The van der Waals surface area contributed by atoms with Crippen LogP contribution in [0.15, 0.2) is 18.3 Å². The maximum atomic E-state index is 13.3. The Balaban J connectivity index is 2.25. The highest BCUT2D eigenvalue weighted by Crippen LogP contribution is 2.26. The number of hydrogen-bond acceptors (Lipinski definition) is 5. The first kappa shape index (κ1) is 13.3. The summed E-state index contributed by atoms with van der Waals surface area (Å²) >= 11 is 1.50. The van der Waals surface area contributed by atoms with E-state index in [-0.39, 0.29) is 16.9 Å². The Labute approximate surface area is 112 Å². The van der Waals surface area contributed by atoms with Crippen molar-refractivity contribution in [3.8, 4) is 0 Å². The Morgan fingerprint density at radius 3 is 2.89 bits per heavy atom. The highest BCUT2D eigenvalue weighted by atomic mass is 32.1. The van der Waals surface area contributed by atoms with Gasteiger partial charge in [0.2, 0.25) is 0 Å². The lowest BCUT2D eigenvalue weighted by Gasteiger charge is -2.10. The van der Waals surface area contributed by atoms with Gasteiger partial charge in [0, 0.05) is 11.1 Å². The van der Waals surface area contributed by atoms with E-state index in [1.54, 1.807) is 6.20 Å². The molecule has 0 bridgehead atoms. The first-order valence-electron chi connectivity index (χ1n) is 5.45. The van der Waals surface area contributed by atoms with Gasteiger partial charge in [0.25, 0.3) is 0 Å². The monoisotopic (exact) mass is 281 g/mol. The fourth-order valence-electron chi connectivity index (χ4n) is 1.63. The Morgan fingerprint density at radius 2 is 2.32 bits per heavy atom. The molecule has 0 aliphatic carbocycles. The van der Waals surface area contributed by atoms with E-state index in [1.807, 2.05) is 6.92 Å². The van der Waals surface area contributed by atoms with Crippen LogP contribution in [0.3, 0.4) is 0 Å². The van der Waals surface area contributed by atoms with Crippen LogP contribution in [0.5, 0.6) is 0 Å². The smallest absolute Gasteiger partial charge is 0.340 e. The van der Waals surface area contributed by atoms with Gasteiger partial charge >= 0.3 is 5.97 Å². The Hall–Kier alpha value is -2.15. The van der Waals surface area contributed by atoms with Crippen LogP contribution in [0.25, 0.3) is 0 Å². The number of aromatic nitrogens is 1. The molecule has 2 rings (SSSR count). The molecule has 0 radical (unpaired) electrons. The minimum Gasteiger partial charge on any atom is -0.478 e. The van der Waals surface area contributed by atoms with Gasteiger partial charge in [0.1, 0.15) is 16.4 Å². The van der Waals surface area contributed by atoms with Crippen molar-refractivity contribution in [2.45, 2.75) is 13.5 Å². The molecule has 2 aromatic rings. The zero-order valence-electron chi connectivity index (χ0n) is 10.1.